The smallest absolute Gasteiger partial charge is 0.421 e. The Morgan fingerprint density at radius 2 is 1.96 bits per heavy atom. The lowest BCUT2D eigenvalue weighted by Crippen LogP contribution is -2.20. The molecule has 7 heteroatoms. The van der Waals surface area contributed by atoms with E-state index in [1.807, 2.05) is 39.0 Å². The van der Waals surface area contributed by atoms with E-state index in [4.69, 9.17) is 4.74 Å². The zero-order chi connectivity index (χ0) is 18.6. The van der Waals surface area contributed by atoms with Crippen LogP contribution in [0.1, 0.15) is 31.9 Å². The fourth-order valence-electron chi connectivity index (χ4n) is 2.23. The van der Waals surface area contributed by atoms with E-state index in [2.05, 4.69) is 9.97 Å². The van der Waals surface area contributed by atoms with Gasteiger partial charge >= 0.3 is 12.2 Å². The van der Waals surface area contributed by atoms with Crippen LogP contribution in [0.15, 0.2) is 30.5 Å². The van der Waals surface area contributed by atoms with Gasteiger partial charge in [-0.25, -0.2) is 4.98 Å². The molecular formula is C18H22F3N3O. The molecule has 0 aliphatic carbocycles. The molecule has 25 heavy (non-hydrogen) atoms. The summed E-state index contributed by atoms with van der Waals surface area (Å²) in [4.78, 5) is 9.13. The molecule has 0 radical (unpaired) electrons. The Labute approximate surface area is 145 Å². The average molecular weight is 353 g/mol. The van der Waals surface area contributed by atoms with Crippen molar-refractivity contribution in [2.45, 2.75) is 33.4 Å². The fraction of sp³-hybridized carbons (Fsp3) is 0.444. The zero-order valence-electron chi connectivity index (χ0n) is 14.8. The average Bonchev–Trinajstić information content (AvgIpc) is 2.58. The predicted octanol–water partition coefficient (Wildman–Crippen LogP) is 4.86. The van der Waals surface area contributed by atoms with Crippen molar-refractivity contribution in [1.82, 2.24) is 9.97 Å². The SMILES string of the molecule is CCc1cccc(N(C)c2nc(OCC(C)C)ncc2C(F)(F)F)c1. The second-order valence-corrected chi connectivity index (χ2v) is 6.17. The molecule has 0 saturated carbocycles. The normalized spacial score (nSPS) is 11.7. The molecule has 0 aliphatic heterocycles. The molecule has 0 fully saturated rings. The number of hydrogen-bond donors (Lipinski definition) is 0. The maximum atomic E-state index is 13.4. The van der Waals surface area contributed by atoms with Gasteiger partial charge in [0, 0.05) is 18.9 Å². The minimum Gasteiger partial charge on any atom is -0.463 e. The van der Waals surface area contributed by atoms with Crippen molar-refractivity contribution in [1.29, 1.82) is 0 Å². The zero-order valence-corrected chi connectivity index (χ0v) is 14.8. The first kappa shape index (κ1) is 19.0. The van der Waals surface area contributed by atoms with E-state index in [-0.39, 0.29) is 17.7 Å². The van der Waals surface area contributed by atoms with Crippen LogP contribution < -0.4 is 9.64 Å². The Balaban J connectivity index is 2.45. The van der Waals surface area contributed by atoms with Gasteiger partial charge in [0.25, 0.3) is 0 Å². The van der Waals surface area contributed by atoms with E-state index in [1.165, 1.54) is 4.90 Å². The number of aromatic nitrogens is 2. The van der Waals surface area contributed by atoms with Crippen molar-refractivity contribution < 1.29 is 17.9 Å². The number of ether oxygens (including phenoxy) is 1. The van der Waals surface area contributed by atoms with E-state index in [0.717, 1.165) is 18.2 Å². The summed E-state index contributed by atoms with van der Waals surface area (Å²) in [6, 6.07) is 7.27. The minimum absolute atomic E-state index is 0.0600. The molecule has 2 aromatic rings. The van der Waals surface area contributed by atoms with Crippen LogP contribution >= 0.6 is 0 Å². The number of aryl methyl sites for hydroxylation is 1. The maximum absolute atomic E-state index is 13.4. The van der Waals surface area contributed by atoms with E-state index in [9.17, 15) is 13.2 Å². The van der Waals surface area contributed by atoms with Crippen LogP contribution in [0.5, 0.6) is 6.01 Å². The third-order valence-electron chi connectivity index (χ3n) is 3.62. The lowest BCUT2D eigenvalue weighted by atomic mass is 10.1. The molecule has 1 aromatic carbocycles. The number of halogens is 3. The van der Waals surface area contributed by atoms with Crippen molar-refractivity contribution in [2.75, 3.05) is 18.6 Å². The number of benzene rings is 1. The van der Waals surface area contributed by atoms with E-state index in [1.54, 1.807) is 13.1 Å². The van der Waals surface area contributed by atoms with Crippen LogP contribution in [0.4, 0.5) is 24.7 Å². The summed E-state index contributed by atoms with van der Waals surface area (Å²) in [5.41, 5.74) is 0.760. The van der Waals surface area contributed by atoms with Crippen LogP contribution in [0.25, 0.3) is 0 Å². The summed E-state index contributed by atoms with van der Waals surface area (Å²) >= 11 is 0. The van der Waals surface area contributed by atoms with E-state index in [0.29, 0.717) is 12.3 Å². The number of hydrogen-bond acceptors (Lipinski definition) is 4. The first-order chi connectivity index (χ1) is 11.7. The molecule has 0 bridgehead atoms. The standard InChI is InChI=1S/C18H22F3N3O/c1-5-13-7-6-8-14(9-13)24(4)16-15(18(19,20)21)10-22-17(23-16)25-11-12(2)3/h6-10,12H,5,11H2,1-4H3. The quantitative estimate of drug-likeness (QED) is 0.743. The van der Waals surface area contributed by atoms with Crippen LogP contribution in [0.3, 0.4) is 0 Å². The molecule has 0 aliphatic rings. The summed E-state index contributed by atoms with van der Waals surface area (Å²) < 4.78 is 45.5. The van der Waals surface area contributed by atoms with Crippen LogP contribution in [-0.4, -0.2) is 23.6 Å². The van der Waals surface area contributed by atoms with Crippen molar-refractivity contribution in [3.05, 3.63) is 41.6 Å². The molecule has 1 heterocycles. The summed E-state index contributed by atoms with van der Waals surface area (Å²) in [6.07, 6.45) is -2.99. The molecular weight excluding hydrogens is 331 g/mol. The van der Waals surface area contributed by atoms with Gasteiger partial charge in [-0.2, -0.15) is 18.2 Å². The summed E-state index contributed by atoms with van der Waals surface area (Å²) in [5, 5.41) is 0. The Morgan fingerprint density at radius 3 is 2.56 bits per heavy atom. The maximum Gasteiger partial charge on any atom is 0.421 e. The monoisotopic (exact) mass is 353 g/mol. The van der Waals surface area contributed by atoms with Crippen molar-refractivity contribution in [3.63, 3.8) is 0 Å². The molecule has 0 N–H and O–H groups in total. The summed E-state index contributed by atoms with van der Waals surface area (Å²) in [5.74, 6) is -0.0113. The van der Waals surface area contributed by atoms with Crippen LogP contribution in [0.2, 0.25) is 0 Å². The Hall–Kier alpha value is -2.31. The minimum atomic E-state index is -4.55. The highest BCUT2D eigenvalue weighted by molar-refractivity contribution is 5.63. The topological polar surface area (TPSA) is 38.2 Å². The fourth-order valence-corrected chi connectivity index (χ4v) is 2.23. The third kappa shape index (κ3) is 4.84. The van der Waals surface area contributed by atoms with Crippen molar-refractivity contribution >= 4 is 11.5 Å². The molecule has 0 amide bonds. The van der Waals surface area contributed by atoms with Gasteiger partial charge in [-0.3, -0.25) is 0 Å². The van der Waals surface area contributed by atoms with E-state index < -0.39 is 11.7 Å². The number of alkyl halides is 3. The van der Waals surface area contributed by atoms with Crippen molar-refractivity contribution in [3.8, 4) is 6.01 Å². The third-order valence-corrected chi connectivity index (χ3v) is 3.62. The lowest BCUT2D eigenvalue weighted by molar-refractivity contribution is -0.137. The molecule has 0 atom stereocenters. The van der Waals surface area contributed by atoms with Gasteiger partial charge < -0.3 is 9.64 Å². The Kier molecular flexibility index (Phi) is 5.87. The van der Waals surface area contributed by atoms with Gasteiger partial charge in [0.2, 0.25) is 0 Å². The molecule has 4 nitrogen and oxygen atoms in total. The van der Waals surface area contributed by atoms with Crippen molar-refractivity contribution in [2.24, 2.45) is 5.92 Å². The summed E-state index contributed by atoms with van der Waals surface area (Å²) in [6.45, 7) is 6.20. The molecule has 0 spiro atoms. The number of nitrogens with zero attached hydrogens (tertiary/aromatic N) is 3. The highest BCUT2D eigenvalue weighted by Crippen LogP contribution is 2.37. The summed E-state index contributed by atoms with van der Waals surface area (Å²) in [7, 11) is 1.55. The first-order valence-electron chi connectivity index (χ1n) is 8.12. The molecule has 136 valence electrons. The molecule has 0 saturated heterocycles. The predicted molar refractivity (Wildman–Crippen MR) is 91.3 cm³/mol. The number of anilines is 2. The first-order valence-corrected chi connectivity index (χ1v) is 8.12. The Morgan fingerprint density at radius 1 is 1.24 bits per heavy atom. The highest BCUT2D eigenvalue weighted by Gasteiger charge is 2.36. The Bertz CT molecular complexity index is 717. The molecule has 1 aromatic heterocycles. The van der Waals surface area contributed by atoms with Gasteiger partial charge in [-0.15, -0.1) is 0 Å². The highest BCUT2D eigenvalue weighted by atomic mass is 19.4. The molecule has 2 rings (SSSR count). The molecule has 0 unspecified atom stereocenters. The van der Waals surface area contributed by atoms with Gasteiger partial charge in [-0.1, -0.05) is 32.9 Å². The second kappa shape index (κ2) is 7.72. The van der Waals surface area contributed by atoms with Gasteiger partial charge in [0.05, 0.1) is 6.61 Å². The van der Waals surface area contributed by atoms with E-state index >= 15 is 0 Å². The lowest BCUT2D eigenvalue weighted by Gasteiger charge is -2.23. The van der Waals surface area contributed by atoms with Gasteiger partial charge in [-0.05, 0) is 30.0 Å². The largest absolute Gasteiger partial charge is 0.463 e. The van der Waals surface area contributed by atoms with Gasteiger partial charge in [0.1, 0.15) is 5.56 Å². The number of rotatable bonds is 6. The van der Waals surface area contributed by atoms with Gasteiger partial charge in [0.15, 0.2) is 5.82 Å². The van der Waals surface area contributed by atoms with Crippen LogP contribution in [-0.2, 0) is 12.6 Å². The van der Waals surface area contributed by atoms with Crippen LogP contribution in [0, 0.1) is 5.92 Å². The second-order valence-electron chi connectivity index (χ2n) is 6.17.